The minimum Gasteiger partial charge on any atom is -0.489 e. The Kier molecular flexibility index (Phi) is 7.27. The highest BCUT2D eigenvalue weighted by molar-refractivity contribution is 5.28. The quantitative estimate of drug-likeness (QED) is 0.536. The molecule has 1 N–H and O–H groups in total. The second-order valence-corrected chi connectivity index (χ2v) is 5.30. The third kappa shape index (κ3) is 7.02. The lowest BCUT2D eigenvalue weighted by Gasteiger charge is -2.14. The first-order valence-electron chi connectivity index (χ1n) is 7.21. The number of ether oxygens (including phenoxy) is 1. The molecular weight excluding hydrogens is 234 g/mol. The van der Waals surface area contributed by atoms with Gasteiger partial charge in [0.25, 0.3) is 0 Å². The lowest BCUT2D eigenvalue weighted by molar-refractivity contribution is 0.352. The van der Waals surface area contributed by atoms with Crippen molar-refractivity contribution in [2.24, 2.45) is 0 Å². The summed E-state index contributed by atoms with van der Waals surface area (Å²) in [6.07, 6.45) is 3.55. The van der Waals surface area contributed by atoms with Gasteiger partial charge in [0, 0.05) is 6.04 Å². The standard InChI is InChI=1S/C17H27NO/c1-5-6-11-18-15(4)12-16-7-9-17(10-8-16)19-13-14(2)3/h7-10,15,18H,2,5-6,11-13H2,1,3-4H3. The van der Waals surface area contributed by atoms with Crippen LogP contribution in [-0.2, 0) is 6.42 Å². The van der Waals surface area contributed by atoms with E-state index >= 15 is 0 Å². The van der Waals surface area contributed by atoms with Crippen LogP contribution in [0.2, 0.25) is 0 Å². The SMILES string of the molecule is C=C(C)COc1ccc(CC(C)NCCCC)cc1. The Morgan fingerprint density at radius 2 is 2.00 bits per heavy atom. The normalized spacial score (nSPS) is 12.2. The van der Waals surface area contributed by atoms with E-state index in [2.05, 4.69) is 37.9 Å². The van der Waals surface area contributed by atoms with Crippen LogP contribution in [0.25, 0.3) is 0 Å². The average molecular weight is 261 g/mol. The Labute approximate surface area is 117 Å². The monoisotopic (exact) mass is 261 g/mol. The summed E-state index contributed by atoms with van der Waals surface area (Å²) < 4.78 is 5.59. The van der Waals surface area contributed by atoms with Crippen LogP contribution in [0.1, 0.15) is 39.2 Å². The third-order valence-electron chi connectivity index (χ3n) is 2.97. The minimum atomic E-state index is 0.522. The lowest BCUT2D eigenvalue weighted by atomic mass is 10.1. The van der Waals surface area contributed by atoms with Crippen LogP contribution < -0.4 is 10.1 Å². The number of hydrogen-bond donors (Lipinski definition) is 1. The summed E-state index contributed by atoms with van der Waals surface area (Å²) in [5.74, 6) is 0.915. The van der Waals surface area contributed by atoms with E-state index in [9.17, 15) is 0 Å². The van der Waals surface area contributed by atoms with Crippen LogP contribution in [0.3, 0.4) is 0 Å². The van der Waals surface area contributed by atoms with Crippen LogP contribution >= 0.6 is 0 Å². The highest BCUT2D eigenvalue weighted by atomic mass is 16.5. The van der Waals surface area contributed by atoms with E-state index in [0.717, 1.165) is 24.3 Å². The van der Waals surface area contributed by atoms with E-state index in [-0.39, 0.29) is 0 Å². The van der Waals surface area contributed by atoms with Gasteiger partial charge in [-0.25, -0.2) is 0 Å². The maximum atomic E-state index is 5.59. The second kappa shape index (κ2) is 8.76. The molecule has 1 rings (SSSR count). The molecule has 2 heteroatoms. The van der Waals surface area contributed by atoms with Crippen molar-refractivity contribution in [3.05, 3.63) is 42.0 Å². The molecule has 0 aromatic heterocycles. The topological polar surface area (TPSA) is 21.3 Å². The first kappa shape index (κ1) is 15.8. The third-order valence-corrected chi connectivity index (χ3v) is 2.97. The van der Waals surface area contributed by atoms with Gasteiger partial charge in [-0.2, -0.15) is 0 Å². The van der Waals surface area contributed by atoms with Crippen LogP contribution in [0.15, 0.2) is 36.4 Å². The minimum absolute atomic E-state index is 0.522. The van der Waals surface area contributed by atoms with Crippen molar-refractivity contribution in [1.82, 2.24) is 5.32 Å². The number of hydrogen-bond acceptors (Lipinski definition) is 2. The molecule has 0 saturated heterocycles. The van der Waals surface area contributed by atoms with Gasteiger partial charge in [0.2, 0.25) is 0 Å². The molecule has 0 spiro atoms. The molecule has 19 heavy (non-hydrogen) atoms. The van der Waals surface area contributed by atoms with Gasteiger partial charge in [-0.05, 0) is 56.5 Å². The first-order valence-corrected chi connectivity index (χ1v) is 7.21. The van der Waals surface area contributed by atoms with Crippen molar-refractivity contribution in [2.75, 3.05) is 13.2 Å². The highest BCUT2D eigenvalue weighted by Gasteiger charge is 2.03. The fourth-order valence-electron chi connectivity index (χ4n) is 1.88. The van der Waals surface area contributed by atoms with Gasteiger partial charge in [-0.1, -0.05) is 32.1 Å². The summed E-state index contributed by atoms with van der Waals surface area (Å²) in [5.41, 5.74) is 2.39. The summed E-state index contributed by atoms with van der Waals surface area (Å²) in [6.45, 7) is 12.0. The number of nitrogens with one attached hydrogen (secondary N) is 1. The molecule has 0 amide bonds. The Morgan fingerprint density at radius 1 is 1.32 bits per heavy atom. The fourth-order valence-corrected chi connectivity index (χ4v) is 1.88. The fraction of sp³-hybridized carbons (Fsp3) is 0.529. The van der Waals surface area contributed by atoms with Crippen LogP contribution in [0, 0.1) is 0 Å². The summed E-state index contributed by atoms with van der Waals surface area (Å²) in [5, 5.41) is 3.54. The molecule has 0 fully saturated rings. The van der Waals surface area contributed by atoms with E-state index in [1.165, 1.54) is 18.4 Å². The maximum absolute atomic E-state index is 5.59. The van der Waals surface area contributed by atoms with Crippen LogP contribution in [0.4, 0.5) is 0 Å². The molecule has 0 bridgehead atoms. The first-order chi connectivity index (χ1) is 9.11. The molecule has 1 aromatic rings. The largest absolute Gasteiger partial charge is 0.489 e. The molecule has 0 saturated carbocycles. The molecule has 0 aliphatic carbocycles. The zero-order chi connectivity index (χ0) is 14.1. The van der Waals surface area contributed by atoms with E-state index < -0.39 is 0 Å². The number of unbranched alkanes of at least 4 members (excludes halogenated alkanes) is 1. The Balaban J connectivity index is 2.36. The molecule has 106 valence electrons. The second-order valence-electron chi connectivity index (χ2n) is 5.30. The van der Waals surface area contributed by atoms with E-state index in [0.29, 0.717) is 12.6 Å². The molecule has 0 aliphatic heterocycles. The smallest absolute Gasteiger partial charge is 0.119 e. The zero-order valence-electron chi connectivity index (χ0n) is 12.5. The molecular formula is C17H27NO. The van der Waals surface area contributed by atoms with E-state index in [1.54, 1.807) is 0 Å². The Hall–Kier alpha value is -1.28. The maximum Gasteiger partial charge on any atom is 0.119 e. The van der Waals surface area contributed by atoms with Crippen molar-refractivity contribution in [1.29, 1.82) is 0 Å². The number of benzene rings is 1. The Morgan fingerprint density at radius 3 is 2.58 bits per heavy atom. The van der Waals surface area contributed by atoms with Crippen molar-refractivity contribution in [3.8, 4) is 5.75 Å². The van der Waals surface area contributed by atoms with Crippen LogP contribution in [0.5, 0.6) is 5.75 Å². The van der Waals surface area contributed by atoms with Crippen molar-refractivity contribution in [3.63, 3.8) is 0 Å². The van der Waals surface area contributed by atoms with Crippen molar-refractivity contribution in [2.45, 2.75) is 46.1 Å². The highest BCUT2D eigenvalue weighted by Crippen LogP contribution is 2.14. The van der Waals surface area contributed by atoms with Gasteiger partial charge in [-0.3, -0.25) is 0 Å². The van der Waals surface area contributed by atoms with Gasteiger partial charge in [0.1, 0.15) is 12.4 Å². The molecule has 1 atom stereocenters. The summed E-state index contributed by atoms with van der Waals surface area (Å²) >= 11 is 0. The zero-order valence-corrected chi connectivity index (χ0v) is 12.5. The predicted octanol–water partition coefficient (Wildman–Crippen LogP) is 3.96. The lowest BCUT2D eigenvalue weighted by Crippen LogP contribution is -2.28. The van der Waals surface area contributed by atoms with Crippen molar-refractivity contribution >= 4 is 0 Å². The Bertz CT molecular complexity index is 369. The summed E-state index contributed by atoms with van der Waals surface area (Å²) in [4.78, 5) is 0. The van der Waals surface area contributed by atoms with Gasteiger partial charge >= 0.3 is 0 Å². The average Bonchev–Trinajstić information content (AvgIpc) is 2.38. The molecule has 1 aromatic carbocycles. The van der Waals surface area contributed by atoms with Crippen LogP contribution in [-0.4, -0.2) is 19.2 Å². The number of rotatable bonds is 9. The molecule has 0 aliphatic rings. The van der Waals surface area contributed by atoms with E-state index in [4.69, 9.17) is 4.74 Å². The van der Waals surface area contributed by atoms with Gasteiger partial charge in [0.15, 0.2) is 0 Å². The molecule has 0 heterocycles. The molecule has 0 radical (unpaired) electrons. The van der Waals surface area contributed by atoms with Gasteiger partial charge in [0.05, 0.1) is 0 Å². The van der Waals surface area contributed by atoms with Gasteiger partial charge in [-0.15, -0.1) is 0 Å². The van der Waals surface area contributed by atoms with E-state index in [1.807, 2.05) is 19.1 Å². The summed E-state index contributed by atoms with van der Waals surface area (Å²) in [7, 11) is 0. The van der Waals surface area contributed by atoms with Crippen molar-refractivity contribution < 1.29 is 4.74 Å². The molecule has 1 unspecified atom stereocenters. The summed E-state index contributed by atoms with van der Waals surface area (Å²) in [6, 6.07) is 8.89. The van der Waals surface area contributed by atoms with Gasteiger partial charge < -0.3 is 10.1 Å². The molecule has 2 nitrogen and oxygen atoms in total. The predicted molar refractivity (Wildman–Crippen MR) is 82.8 cm³/mol.